The molecule has 0 unspecified atom stereocenters. The van der Waals surface area contributed by atoms with E-state index in [0.717, 1.165) is 19.3 Å². The van der Waals surface area contributed by atoms with Gasteiger partial charge in [-0.05, 0) is 36.9 Å². The van der Waals surface area contributed by atoms with Crippen molar-refractivity contribution in [3.05, 3.63) is 37.0 Å². The Hall–Kier alpha value is -0.820. The van der Waals surface area contributed by atoms with E-state index in [4.69, 9.17) is 11.6 Å². The van der Waals surface area contributed by atoms with Gasteiger partial charge in [-0.1, -0.05) is 30.9 Å². The van der Waals surface area contributed by atoms with E-state index in [2.05, 4.69) is 6.58 Å². The topological polar surface area (TPSA) is 17.1 Å². The molecular formula is C10H13ClO. The van der Waals surface area contributed by atoms with Crippen LogP contribution in [0.2, 0.25) is 0 Å². The average molecular weight is 185 g/mol. The number of hydrogen-bond acceptors (Lipinski definition) is 1. The highest BCUT2D eigenvalue weighted by atomic mass is 35.5. The third kappa shape index (κ3) is 9.18. The normalized spacial score (nSPS) is 11.1. The molecule has 2 heteroatoms. The molecule has 66 valence electrons. The van der Waals surface area contributed by atoms with E-state index in [9.17, 15) is 4.79 Å². The summed E-state index contributed by atoms with van der Waals surface area (Å²) in [6.07, 6.45) is 11.8. The number of rotatable bonds is 6. The van der Waals surface area contributed by atoms with Crippen LogP contribution in [-0.2, 0) is 4.79 Å². The fourth-order valence-electron chi connectivity index (χ4n) is 0.722. The number of hydrogen-bond donors (Lipinski definition) is 0. The summed E-state index contributed by atoms with van der Waals surface area (Å²) in [4.78, 5) is 10.2. The maximum atomic E-state index is 10.2. The van der Waals surface area contributed by atoms with E-state index in [1.807, 2.05) is 12.2 Å². The highest BCUT2D eigenvalue weighted by Gasteiger charge is 1.84. The van der Waals surface area contributed by atoms with Gasteiger partial charge >= 0.3 is 0 Å². The predicted molar refractivity (Wildman–Crippen MR) is 53.2 cm³/mol. The summed E-state index contributed by atoms with van der Waals surface area (Å²) in [7, 11) is 0. The zero-order valence-electron chi connectivity index (χ0n) is 7.00. The van der Waals surface area contributed by atoms with Crippen LogP contribution in [0.3, 0.4) is 0 Å². The molecule has 0 aromatic heterocycles. The molecule has 0 aromatic rings. The summed E-state index contributed by atoms with van der Waals surface area (Å²) in [5.74, 6) is 0. The van der Waals surface area contributed by atoms with Gasteiger partial charge in [0.15, 0.2) is 0 Å². The van der Waals surface area contributed by atoms with Gasteiger partial charge in [0.1, 0.15) is 0 Å². The Morgan fingerprint density at radius 1 is 1.33 bits per heavy atom. The lowest BCUT2D eigenvalue weighted by molar-refractivity contribution is -0.107. The maximum Gasteiger partial charge on any atom is 0.244 e. The second-order valence-electron chi connectivity index (χ2n) is 2.30. The van der Waals surface area contributed by atoms with Crippen molar-refractivity contribution < 1.29 is 4.79 Å². The molecule has 0 saturated heterocycles. The first kappa shape index (κ1) is 11.2. The second-order valence-corrected chi connectivity index (χ2v) is 2.67. The van der Waals surface area contributed by atoms with Crippen LogP contribution in [0, 0.1) is 0 Å². The number of allylic oxidation sites excluding steroid dienone is 5. The Bertz CT molecular complexity index is 192. The molecule has 0 heterocycles. The Morgan fingerprint density at radius 3 is 2.58 bits per heavy atom. The van der Waals surface area contributed by atoms with Crippen LogP contribution in [0.1, 0.15) is 19.3 Å². The van der Waals surface area contributed by atoms with Gasteiger partial charge in [0.2, 0.25) is 5.24 Å². The third-order valence-corrected chi connectivity index (χ3v) is 1.39. The van der Waals surface area contributed by atoms with Crippen molar-refractivity contribution in [2.24, 2.45) is 0 Å². The van der Waals surface area contributed by atoms with Crippen molar-refractivity contribution >= 4 is 16.8 Å². The Kier molecular flexibility index (Phi) is 7.71. The van der Waals surface area contributed by atoms with Crippen molar-refractivity contribution in [1.29, 1.82) is 0 Å². The van der Waals surface area contributed by atoms with Gasteiger partial charge in [0, 0.05) is 0 Å². The first-order chi connectivity index (χ1) is 5.77. The van der Waals surface area contributed by atoms with Gasteiger partial charge in [-0.2, -0.15) is 0 Å². The molecule has 0 radical (unpaired) electrons. The van der Waals surface area contributed by atoms with Crippen LogP contribution >= 0.6 is 11.6 Å². The molecule has 1 nitrogen and oxygen atoms in total. The van der Waals surface area contributed by atoms with E-state index in [-0.39, 0.29) is 0 Å². The molecule has 0 saturated carbocycles. The van der Waals surface area contributed by atoms with Crippen molar-refractivity contribution in [2.75, 3.05) is 0 Å². The highest BCUT2D eigenvalue weighted by Crippen LogP contribution is 1.98. The van der Waals surface area contributed by atoms with E-state index < -0.39 is 5.24 Å². The second kappa shape index (κ2) is 8.28. The molecule has 0 aromatic carbocycles. The smallest absolute Gasteiger partial charge is 0.244 e. The monoisotopic (exact) mass is 184 g/mol. The van der Waals surface area contributed by atoms with Crippen molar-refractivity contribution in [3.8, 4) is 0 Å². The van der Waals surface area contributed by atoms with Crippen LogP contribution in [0.4, 0.5) is 0 Å². The Balaban J connectivity index is 3.26. The van der Waals surface area contributed by atoms with Crippen LogP contribution in [0.5, 0.6) is 0 Å². The number of carbonyl (C=O) groups excluding carboxylic acids is 1. The zero-order chi connectivity index (χ0) is 9.23. The lowest BCUT2D eigenvalue weighted by Gasteiger charge is -1.87. The molecule has 0 aliphatic carbocycles. The van der Waals surface area contributed by atoms with Crippen LogP contribution in [0.25, 0.3) is 0 Å². The summed E-state index contributed by atoms with van der Waals surface area (Å²) in [6, 6.07) is 0. The predicted octanol–water partition coefficient (Wildman–Crippen LogP) is 3.22. The minimum Gasteiger partial charge on any atom is -0.276 e. The zero-order valence-corrected chi connectivity index (χ0v) is 7.76. The van der Waals surface area contributed by atoms with Gasteiger partial charge in [-0.3, -0.25) is 4.79 Å². The van der Waals surface area contributed by atoms with E-state index in [1.54, 1.807) is 12.2 Å². The molecular weight excluding hydrogens is 172 g/mol. The molecule has 0 spiro atoms. The Labute approximate surface area is 78.4 Å². The maximum absolute atomic E-state index is 10.2. The number of carbonyl (C=O) groups is 1. The first-order valence-corrected chi connectivity index (χ1v) is 4.28. The largest absolute Gasteiger partial charge is 0.276 e. The fourth-order valence-corrected chi connectivity index (χ4v) is 0.811. The van der Waals surface area contributed by atoms with E-state index >= 15 is 0 Å². The quantitative estimate of drug-likeness (QED) is 0.268. The standard InChI is InChI=1S/C10H13ClO/c1-2-3-4-5-6-7-8-9-10(11)12/h2-4,8-9H,1,5-7H2/b4-3+,9-8+. The van der Waals surface area contributed by atoms with Crippen LogP contribution in [0.15, 0.2) is 37.0 Å². The average Bonchev–Trinajstić information content (AvgIpc) is 2.02. The number of unbranched alkanes of at least 4 members (excludes halogenated alkanes) is 2. The van der Waals surface area contributed by atoms with E-state index in [1.165, 1.54) is 6.08 Å². The van der Waals surface area contributed by atoms with Crippen LogP contribution in [-0.4, -0.2) is 5.24 Å². The molecule has 0 atom stereocenters. The highest BCUT2D eigenvalue weighted by molar-refractivity contribution is 6.66. The summed E-state index contributed by atoms with van der Waals surface area (Å²) < 4.78 is 0. The lowest BCUT2D eigenvalue weighted by Crippen LogP contribution is -1.75. The third-order valence-electron chi connectivity index (χ3n) is 1.26. The van der Waals surface area contributed by atoms with Gasteiger partial charge in [0.25, 0.3) is 0 Å². The van der Waals surface area contributed by atoms with Gasteiger partial charge < -0.3 is 0 Å². The van der Waals surface area contributed by atoms with E-state index in [0.29, 0.717) is 0 Å². The van der Waals surface area contributed by atoms with Crippen molar-refractivity contribution in [1.82, 2.24) is 0 Å². The summed E-state index contributed by atoms with van der Waals surface area (Å²) >= 11 is 5.09. The summed E-state index contributed by atoms with van der Waals surface area (Å²) in [5, 5.41) is -0.406. The van der Waals surface area contributed by atoms with Crippen molar-refractivity contribution in [3.63, 3.8) is 0 Å². The minimum absolute atomic E-state index is 0.406. The van der Waals surface area contributed by atoms with Gasteiger partial charge in [0.05, 0.1) is 0 Å². The van der Waals surface area contributed by atoms with Gasteiger partial charge in [-0.15, -0.1) is 0 Å². The molecule has 0 amide bonds. The fraction of sp³-hybridized carbons (Fsp3) is 0.300. The molecule has 0 N–H and O–H groups in total. The Morgan fingerprint density at radius 2 is 2.00 bits per heavy atom. The molecule has 12 heavy (non-hydrogen) atoms. The van der Waals surface area contributed by atoms with Crippen LogP contribution < -0.4 is 0 Å². The molecule has 0 aliphatic rings. The lowest BCUT2D eigenvalue weighted by atomic mass is 10.2. The van der Waals surface area contributed by atoms with Crippen molar-refractivity contribution in [2.45, 2.75) is 19.3 Å². The minimum atomic E-state index is -0.406. The first-order valence-electron chi connectivity index (χ1n) is 3.91. The van der Waals surface area contributed by atoms with Gasteiger partial charge in [-0.25, -0.2) is 0 Å². The summed E-state index contributed by atoms with van der Waals surface area (Å²) in [5.41, 5.74) is 0. The number of halogens is 1. The SMILES string of the molecule is C=C/C=C/CCC/C=C/C(=O)Cl. The summed E-state index contributed by atoms with van der Waals surface area (Å²) in [6.45, 7) is 3.55. The molecule has 0 fully saturated rings. The molecule has 0 aliphatic heterocycles. The molecule has 0 rings (SSSR count). The molecule has 0 bridgehead atoms.